The Morgan fingerprint density at radius 1 is 1.13 bits per heavy atom. The van der Waals surface area contributed by atoms with Crippen LogP contribution in [0.1, 0.15) is 16.7 Å². The van der Waals surface area contributed by atoms with E-state index in [2.05, 4.69) is 5.32 Å². The van der Waals surface area contributed by atoms with E-state index < -0.39 is 11.9 Å². The second kappa shape index (κ2) is 7.26. The van der Waals surface area contributed by atoms with Crippen molar-refractivity contribution in [2.24, 2.45) is 0 Å². The van der Waals surface area contributed by atoms with Crippen LogP contribution in [-0.2, 0) is 16.0 Å². The molecule has 0 bridgehead atoms. The Morgan fingerprint density at radius 3 is 2.48 bits per heavy atom. The summed E-state index contributed by atoms with van der Waals surface area (Å²) in [7, 11) is 0. The van der Waals surface area contributed by atoms with Gasteiger partial charge in [-0.25, -0.2) is 0 Å². The number of phenolic OH excluding ortho intramolecular Hbond substituents is 1. The molecule has 0 spiro atoms. The highest BCUT2D eigenvalue weighted by Gasteiger charge is 2.07. The molecule has 5 heteroatoms. The van der Waals surface area contributed by atoms with Crippen molar-refractivity contribution in [1.29, 1.82) is 0 Å². The fraction of sp³-hybridized carbons (Fsp3) is 0.111. The van der Waals surface area contributed by atoms with Gasteiger partial charge in [0.1, 0.15) is 5.75 Å². The molecule has 0 saturated heterocycles. The van der Waals surface area contributed by atoms with Crippen LogP contribution < -0.4 is 5.32 Å². The number of carboxylic acids is 1. The largest absolute Gasteiger partial charge is 0.506 e. The second-order valence-electron chi connectivity index (χ2n) is 5.16. The zero-order chi connectivity index (χ0) is 16.8. The number of aryl methyl sites for hydroxylation is 1. The van der Waals surface area contributed by atoms with Gasteiger partial charge in [0.15, 0.2) is 0 Å². The van der Waals surface area contributed by atoms with E-state index in [0.717, 1.165) is 11.1 Å². The van der Waals surface area contributed by atoms with Crippen LogP contribution in [0.25, 0.3) is 6.08 Å². The fourth-order valence-corrected chi connectivity index (χ4v) is 1.99. The predicted molar refractivity (Wildman–Crippen MR) is 88.3 cm³/mol. The fourth-order valence-electron chi connectivity index (χ4n) is 1.99. The van der Waals surface area contributed by atoms with Gasteiger partial charge in [-0.3, -0.25) is 9.59 Å². The van der Waals surface area contributed by atoms with E-state index in [9.17, 15) is 14.7 Å². The Bertz CT molecular complexity index is 748. The summed E-state index contributed by atoms with van der Waals surface area (Å²) in [6.45, 7) is 1.98. The lowest BCUT2D eigenvalue weighted by Crippen LogP contribution is -2.09. The molecule has 0 saturated carbocycles. The zero-order valence-electron chi connectivity index (χ0n) is 12.6. The highest BCUT2D eigenvalue weighted by molar-refractivity contribution is 6.02. The van der Waals surface area contributed by atoms with E-state index in [0.29, 0.717) is 5.56 Å². The summed E-state index contributed by atoms with van der Waals surface area (Å²) in [5.74, 6) is -1.50. The highest BCUT2D eigenvalue weighted by Crippen LogP contribution is 2.24. The number of phenols is 1. The van der Waals surface area contributed by atoms with Crippen molar-refractivity contribution in [2.45, 2.75) is 13.3 Å². The Morgan fingerprint density at radius 2 is 1.83 bits per heavy atom. The Kier molecular flexibility index (Phi) is 5.15. The van der Waals surface area contributed by atoms with Gasteiger partial charge in [-0.1, -0.05) is 35.9 Å². The normalized spacial score (nSPS) is 10.7. The second-order valence-corrected chi connectivity index (χ2v) is 5.16. The van der Waals surface area contributed by atoms with Gasteiger partial charge in [-0.15, -0.1) is 0 Å². The first-order valence-electron chi connectivity index (χ1n) is 7.03. The maximum atomic E-state index is 11.9. The van der Waals surface area contributed by atoms with E-state index in [-0.39, 0.29) is 17.9 Å². The summed E-state index contributed by atoms with van der Waals surface area (Å²) >= 11 is 0. The average Bonchev–Trinajstić information content (AvgIpc) is 2.49. The van der Waals surface area contributed by atoms with Gasteiger partial charge in [0.25, 0.3) is 0 Å². The summed E-state index contributed by atoms with van der Waals surface area (Å²) in [6, 6.07) is 12.0. The number of anilines is 1. The molecule has 0 radical (unpaired) electrons. The molecule has 23 heavy (non-hydrogen) atoms. The first-order chi connectivity index (χ1) is 10.9. The predicted octanol–water partition coefficient (Wildman–Crippen LogP) is 2.98. The molecule has 0 aliphatic heterocycles. The minimum atomic E-state index is -0.979. The van der Waals surface area contributed by atoms with E-state index in [1.54, 1.807) is 6.08 Å². The molecule has 0 aromatic heterocycles. The molecule has 2 aromatic rings. The Balaban J connectivity index is 2.07. The molecule has 0 atom stereocenters. The number of nitrogens with one attached hydrogen (secondary N) is 1. The maximum Gasteiger partial charge on any atom is 0.307 e. The molecular weight excluding hydrogens is 294 g/mol. The molecule has 5 nitrogen and oxygen atoms in total. The average molecular weight is 311 g/mol. The lowest BCUT2D eigenvalue weighted by molar-refractivity contribution is -0.136. The third kappa shape index (κ3) is 5.00. The van der Waals surface area contributed by atoms with Crippen LogP contribution in [0.2, 0.25) is 0 Å². The van der Waals surface area contributed by atoms with Crippen LogP contribution in [-0.4, -0.2) is 22.1 Å². The zero-order valence-corrected chi connectivity index (χ0v) is 12.6. The number of rotatable bonds is 5. The molecule has 2 aromatic carbocycles. The van der Waals surface area contributed by atoms with Crippen LogP contribution in [0.4, 0.5) is 5.69 Å². The number of amides is 1. The van der Waals surface area contributed by atoms with Crippen molar-refractivity contribution in [3.05, 3.63) is 65.2 Å². The van der Waals surface area contributed by atoms with E-state index in [1.807, 2.05) is 31.2 Å². The van der Waals surface area contributed by atoms with Crippen molar-refractivity contribution >= 4 is 23.6 Å². The number of carbonyl (C=O) groups excluding carboxylic acids is 1. The summed E-state index contributed by atoms with van der Waals surface area (Å²) in [5, 5.41) is 21.1. The van der Waals surface area contributed by atoms with Crippen LogP contribution in [0.3, 0.4) is 0 Å². The number of aliphatic carboxylic acids is 1. The van der Waals surface area contributed by atoms with Gasteiger partial charge in [-0.05, 0) is 36.3 Å². The van der Waals surface area contributed by atoms with Gasteiger partial charge in [0.2, 0.25) is 5.91 Å². The van der Waals surface area contributed by atoms with E-state index in [1.165, 1.54) is 24.3 Å². The molecule has 3 N–H and O–H groups in total. The topological polar surface area (TPSA) is 86.6 Å². The molecule has 0 fully saturated rings. The van der Waals surface area contributed by atoms with Crippen molar-refractivity contribution in [3.8, 4) is 5.75 Å². The lowest BCUT2D eigenvalue weighted by atomic mass is 10.1. The van der Waals surface area contributed by atoms with Gasteiger partial charge in [-0.2, -0.15) is 0 Å². The molecular formula is C18H17NO4. The van der Waals surface area contributed by atoms with E-state index >= 15 is 0 Å². The first kappa shape index (κ1) is 16.3. The molecule has 1 amide bonds. The van der Waals surface area contributed by atoms with Crippen LogP contribution in [0.15, 0.2) is 48.5 Å². The van der Waals surface area contributed by atoms with Crippen molar-refractivity contribution in [2.75, 3.05) is 5.32 Å². The van der Waals surface area contributed by atoms with Crippen molar-refractivity contribution < 1.29 is 19.8 Å². The quantitative estimate of drug-likeness (QED) is 0.585. The maximum absolute atomic E-state index is 11.9. The lowest BCUT2D eigenvalue weighted by Gasteiger charge is -2.07. The van der Waals surface area contributed by atoms with Gasteiger partial charge >= 0.3 is 5.97 Å². The highest BCUT2D eigenvalue weighted by atomic mass is 16.4. The Hall–Kier alpha value is -3.08. The molecule has 0 unspecified atom stereocenters. The molecule has 0 aliphatic rings. The number of hydrogen-bond acceptors (Lipinski definition) is 3. The van der Waals surface area contributed by atoms with Gasteiger partial charge in [0.05, 0.1) is 12.1 Å². The summed E-state index contributed by atoms with van der Waals surface area (Å²) < 4.78 is 0. The molecule has 0 heterocycles. The van der Waals surface area contributed by atoms with Gasteiger partial charge < -0.3 is 15.5 Å². The first-order valence-corrected chi connectivity index (χ1v) is 7.03. The van der Waals surface area contributed by atoms with Crippen molar-refractivity contribution in [3.63, 3.8) is 0 Å². The number of carbonyl (C=O) groups is 2. The number of benzene rings is 2. The third-order valence-electron chi connectivity index (χ3n) is 3.18. The minimum Gasteiger partial charge on any atom is -0.506 e. The molecule has 118 valence electrons. The smallest absolute Gasteiger partial charge is 0.307 e. The number of carboxylic acid groups (broad SMARTS) is 1. The molecule has 2 rings (SSSR count). The van der Waals surface area contributed by atoms with Crippen molar-refractivity contribution in [1.82, 2.24) is 0 Å². The van der Waals surface area contributed by atoms with Crippen LogP contribution >= 0.6 is 0 Å². The summed E-state index contributed by atoms with van der Waals surface area (Å²) in [6.07, 6.45) is 2.84. The third-order valence-corrected chi connectivity index (χ3v) is 3.18. The SMILES string of the molecule is Cc1ccc(/C=C/C(=O)Nc2cc(CC(=O)O)ccc2O)cc1. The van der Waals surface area contributed by atoms with Crippen LogP contribution in [0.5, 0.6) is 5.75 Å². The van der Waals surface area contributed by atoms with E-state index in [4.69, 9.17) is 5.11 Å². The minimum absolute atomic E-state index is 0.115. The molecule has 0 aliphatic carbocycles. The van der Waals surface area contributed by atoms with Gasteiger partial charge in [0, 0.05) is 6.08 Å². The summed E-state index contributed by atoms with van der Waals surface area (Å²) in [5.41, 5.74) is 2.69. The Labute approximate surface area is 133 Å². The number of hydrogen-bond donors (Lipinski definition) is 3. The standard InChI is InChI=1S/C18H17NO4/c1-12-2-4-13(5-3-12)7-9-17(21)19-15-10-14(11-18(22)23)6-8-16(15)20/h2-10,20H,11H2,1H3,(H,19,21)(H,22,23)/b9-7+. The number of aromatic hydroxyl groups is 1. The monoisotopic (exact) mass is 311 g/mol. The van der Waals surface area contributed by atoms with Crippen LogP contribution in [0, 0.1) is 6.92 Å². The summed E-state index contributed by atoms with van der Waals surface area (Å²) in [4.78, 5) is 22.6.